The molecule has 0 aliphatic heterocycles. The first-order valence-electron chi connectivity index (χ1n) is 3.60. The van der Waals surface area contributed by atoms with Gasteiger partial charge in [-0.25, -0.2) is 0 Å². The summed E-state index contributed by atoms with van der Waals surface area (Å²) in [5.74, 6) is 2.18. The smallest absolute Gasteiger partial charge is 0.136 e. The Balaban J connectivity index is 2.95. The number of hydrogen-bond donors (Lipinski definition) is 1. The van der Waals surface area contributed by atoms with Gasteiger partial charge in [-0.15, -0.1) is 0 Å². The molecule has 0 aromatic rings. The van der Waals surface area contributed by atoms with E-state index in [0.29, 0.717) is 0 Å². The van der Waals surface area contributed by atoms with Crippen LogP contribution in [0.3, 0.4) is 0 Å². The van der Waals surface area contributed by atoms with Crippen LogP contribution in [-0.2, 0) is 4.79 Å². The van der Waals surface area contributed by atoms with Crippen molar-refractivity contribution in [2.75, 3.05) is 11.5 Å². The fourth-order valence-corrected chi connectivity index (χ4v) is 1.47. The molecule has 1 unspecified atom stereocenters. The van der Waals surface area contributed by atoms with Crippen molar-refractivity contribution in [3.8, 4) is 0 Å². The van der Waals surface area contributed by atoms with Crippen molar-refractivity contribution in [2.45, 2.75) is 25.8 Å². The quantitative estimate of drug-likeness (QED) is 0.467. The number of rotatable bonds is 6. The Morgan fingerprint density at radius 2 is 2.30 bits per heavy atom. The second-order valence-corrected chi connectivity index (χ2v) is 3.43. The summed E-state index contributed by atoms with van der Waals surface area (Å²) in [5, 5.41) is 0. The lowest BCUT2D eigenvalue weighted by Crippen LogP contribution is -2.21. The van der Waals surface area contributed by atoms with Crippen LogP contribution < -0.4 is 5.73 Å². The third kappa shape index (κ3) is 6.11. The molecular formula is C7H15NOS. The number of thioether (sulfide) groups is 1. The molecule has 1 atom stereocenters. The first kappa shape index (κ1) is 9.98. The average molecular weight is 161 g/mol. The summed E-state index contributed by atoms with van der Waals surface area (Å²) in [6.45, 7) is 2.15. The standard InChI is InChI=1S/C7H15NOS/c1-2-4-10-5-3-7(8)6-9/h6-7H,2-5,8H2,1H3. The van der Waals surface area contributed by atoms with Gasteiger partial charge in [0.05, 0.1) is 6.04 Å². The molecule has 0 saturated heterocycles. The Kier molecular flexibility index (Phi) is 7.08. The highest BCUT2D eigenvalue weighted by Gasteiger charge is 1.97. The van der Waals surface area contributed by atoms with E-state index in [-0.39, 0.29) is 6.04 Å². The third-order valence-corrected chi connectivity index (χ3v) is 2.34. The SMILES string of the molecule is CCCSCCC(N)C=O. The van der Waals surface area contributed by atoms with Crippen LogP contribution in [0.5, 0.6) is 0 Å². The number of aldehydes is 1. The molecule has 0 aromatic carbocycles. The molecule has 0 spiro atoms. The van der Waals surface area contributed by atoms with Gasteiger partial charge in [-0.3, -0.25) is 0 Å². The van der Waals surface area contributed by atoms with Gasteiger partial charge in [0.2, 0.25) is 0 Å². The van der Waals surface area contributed by atoms with Gasteiger partial charge in [-0.05, 0) is 24.3 Å². The first-order chi connectivity index (χ1) is 4.81. The minimum absolute atomic E-state index is 0.246. The minimum Gasteiger partial charge on any atom is -0.322 e. The van der Waals surface area contributed by atoms with Crippen molar-refractivity contribution in [1.82, 2.24) is 0 Å². The van der Waals surface area contributed by atoms with Gasteiger partial charge in [-0.2, -0.15) is 11.8 Å². The second kappa shape index (κ2) is 7.09. The van der Waals surface area contributed by atoms with Gasteiger partial charge in [0.15, 0.2) is 0 Å². The third-order valence-electron chi connectivity index (χ3n) is 1.12. The molecule has 0 amide bonds. The van der Waals surface area contributed by atoms with Gasteiger partial charge in [0.1, 0.15) is 6.29 Å². The molecule has 0 bridgehead atoms. The lowest BCUT2D eigenvalue weighted by atomic mass is 10.3. The molecule has 0 radical (unpaired) electrons. The van der Waals surface area contributed by atoms with Crippen molar-refractivity contribution in [1.29, 1.82) is 0 Å². The molecule has 0 aliphatic rings. The number of carbonyl (C=O) groups is 1. The summed E-state index contributed by atoms with van der Waals surface area (Å²) >= 11 is 1.86. The largest absolute Gasteiger partial charge is 0.322 e. The Morgan fingerprint density at radius 1 is 1.60 bits per heavy atom. The Morgan fingerprint density at radius 3 is 2.80 bits per heavy atom. The van der Waals surface area contributed by atoms with E-state index in [9.17, 15) is 4.79 Å². The molecule has 0 fully saturated rings. The molecular weight excluding hydrogens is 146 g/mol. The van der Waals surface area contributed by atoms with Crippen LogP contribution in [0.1, 0.15) is 19.8 Å². The summed E-state index contributed by atoms with van der Waals surface area (Å²) in [6, 6.07) is -0.246. The second-order valence-electron chi connectivity index (χ2n) is 2.20. The Labute approximate surface area is 66.6 Å². The van der Waals surface area contributed by atoms with E-state index in [2.05, 4.69) is 6.92 Å². The predicted molar refractivity (Wildman–Crippen MR) is 46.3 cm³/mol. The van der Waals surface area contributed by atoms with Crippen molar-refractivity contribution < 1.29 is 4.79 Å². The normalized spacial score (nSPS) is 13.0. The van der Waals surface area contributed by atoms with E-state index < -0.39 is 0 Å². The lowest BCUT2D eigenvalue weighted by molar-refractivity contribution is -0.108. The Hall–Kier alpha value is -0.0200. The van der Waals surface area contributed by atoms with E-state index in [1.165, 1.54) is 12.2 Å². The maximum atomic E-state index is 10.0. The van der Waals surface area contributed by atoms with E-state index in [4.69, 9.17) is 5.73 Å². The molecule has 2 N–H and O–H groups in total. The highest BCUT2D eigenvalue weighted by molar-refractivity contribution is 7.99. The number of nitrogens with two attached hydrogens (primary N) is 1. The molecule has 10 heavy (non-hydrogen) atoms. The molecule has 0 heterocycles. The van der Waals surface area contributed by atoms with Gasteiger partial charge >= 0.3 is 0 Å². The fourth-order valence-electron chi connectivity index (χ4n) is 0.534. The Bertz CT molecular complexity index is 87.7. The van der Waals surface area contributed by atoms with E-state index in [0.717, 1.165) is 18.5 Å². The maximum absolute atomic E-state index is 10.0. The highest BCUT2D eigenvalue weighted by atomic mass is 32.2. The summed E-state index contributed by atoms with van der Waals surface area (Å²) in [7, 11) is 0. The summed E-state index contributed by atoms with van der Waals surface area (Å²) in [4.78, 5) is 10.0. The van der Waals surface area contributed by atoms with E-state index in [1.54, 1.807) is 0 Å². The van der Waals surface area contributed by atoms with Crippen LogP contribution in [0.25, 0.3) is 0 Å². The van der Waals surface area contributed by atoms with Gasteiger partial charge in [0.25, 0.3) is 0 Å². The lowest BCUT2D eigenvalue weighted by Gasteiger charge is -2.01. The van der Waals surface area contributed by atoms with Crippen molar-refractivity contribution in [3.05, 3.63) is 0 Å². The molecule has 0 rings (SSSR count). The van der Waals surface area contributed by atoms with Crippen LogP contribution in [0.2, 0.25) is 0 Å². The van der Waals surface area contributed by atoms with Gasteiger partial charge in [-0.1, -0.05) is 6.92 Å². The molecule has 0 aromatic heterocycles. The zero-order valence-electron chi connectivity index (χ0n) is 6.38. The van der Waals surface area contributed by atoms with Crippen molar-refractivity contribution in [3.63, 3.8) is 0 Å². The highest BCUT2D eigenvalue weighted by Crippen LogP contribution is 2.04. The molecule has 0 aliphatic carbocycles. The summed E-state index contributed by atoms with van der Waals surface area (Å²) < 4.78 is 0. The zero-order valence-corrected chi connectivity index (χ0v) is 7.19. The van der Waals surface area contributed by atoms with E-state index >= 15 is 0 Å². The number of carbonyl (C=O) groups excluding carboxylic acids is 1. The predicted octanol–water partition coefficient (Wildman–Crippen LogP) is 1.05. The average Bonchev–Trinajstić information content (AvgIpc) is 1.98. The van der Waals surface area contributed by atoms with Gasteiger partial charge in [0, 0.05) is 0 Å². The van der Waals surface area contributed by atoms with Crippen LogP contribution in [0.15, 0.2) is 0 Å². The van der Waals surface area contributed by atoms with Crippen molar-refractivity contribution >= 4 is 18.0 Å². The zero-order chi connectivity index (χ0) is 7.82. The fraction of sp³-hybridized carbons (Fsp3) is 0.857. The van der Waals surface area contributed by atoms with E-state index in [1.807, 2.05) is 11.8 Å². The minimum atomic E-state index is -0.246. The van der Waals surface area contributed by atoms with Crippen molar-refractivity contribution in [2.24, 2.45) is 5.73 Å². The number of hydrogen-bond acceptors (Lipinski definition) is 3. The maximum Gasteiger partial charge on any atom is 0.136 e. The van der Waals surface area contributed by atoms with Crippen LogP contribution >= 0.6 is 11.8 Å². The summed E-state index contributed by atoms with van der Waals surface area (Å²) in [5.41, 5.74) is 5.37. The van der Waals surface area contributed by atoms with Crippen LogP contribution in [-0.4, -0.2) is 23.8 Å². The topological polar surface area (TPSA) is 43.1 Å². The van der Waals surface area contributed by atoms with Crippen LogP contribution in [0, 0.1) is 0 Å². The summed E-state index contributed by atoms with van der Waals surface area (Å²) in [6.07, 6.45) is 2.82. The molecule has 3 heteroatoms. The molecule has 0 saturated carbocycles. The van der Waals surface area contributed by atoms with Gasteiger partial charge < -0.3 is 10.5 Å². The molecule has 60 valence electrons. The monoisotopic (exact) mass is 161 g/mol. The first-order valence-corrected chi connectivity index (χ1v) is 4.75. The molecule has 2 nitrogen and oxygen atoms in total. The van der Waals surface area contributed by atoms with Crippen LogP contribution in [0.4, 0.5) is 0 Å².